The Morgan fingerprint density at radius 1 is 0.824 bits per heavy atom. The summed E-state index contributed by atoms with van der Waals surface area (Å²) in [7, 11) is 0. The molecule has 1 aromatic heterocycles. The summed E-state index contributed by atoms with van der Waals surface area (Å²) in [5.74, 6) is 0.537. The van der Waals surface area contributed by atoms with Crippen molar-refractivity contribution in [2.24, 2.45) is 0 Å². The Hall–Kier alpha value is -3.46. The molecule has 0 spiro atoms. The van der Waals surface area contributed by atoms with Crippen LogP contribution in [0.3, 0.4) is 0 Å². The number of carbonyl (C=O) groups excluding carboxylic acids is 1. The first-order valence-electron chi connectivity index (χ1n) is 12.5. The lowest BCUT2D eigenvalue weighted by molar-refractivity contribution is 0.104. The molecule has 0 atom stereocenters. The van der Waals surface area contributed by atoms with Crippen molar-refractivity contribution in [3.63, 3.8) is 0 Å². The van der Waals surface area contributed by atoms with E-state index >= 15 is 0 Å². The van der Waals surface area contributed by atoms with Gasteiger partial charge < -0.3 is 4.90 Å². The van der Waals surface area contributed by atoms with E-state index in [0.29, 0.717) is 11.6 Å². The van der Waals surface area contributed by atoms with Crippen LogP contribution in [0.4, 0.5) is 5.69 Å². The highest BCUT2D eigenvalue weighted by Gasteiger charge is 2.22. The molecule has 3 nitrogen and oxygen atoms in total. The number of hydrogen-bond donors (Lipinski definition) is 0. The molecule has 0 aliphatic heterocycles. The Bertz CT molecular complexity index is 1140. The van der Waals surface area contributed by atoms with Crippen LogP contribution in [-0.4, -0.2) is 23.9 Å². The summed E-state index contributed by atoms with van der Waals surface area (Å²) in [6.07, 6.45) is 7.57. The number of ketones is 1. The lowest BCUT2D eigenvalue weighted by Crippen LogP contribution is -2.21. The van der Waals surface area contributed by atoms with Gasteiger partial charge in [-0.2, -0.15) is 0 Å². The predicted octanol–water partition coefficient (Wildman–Crippen LogP) is 7.54. The molecule has 0 amide bonds. The number of benzene rings is 2. The highest BCUT2D eigenvalue weighted by atomic mass is 16.1. The van der Waals surface area contributed by atoms with E-state index < -0.39 is 0 Å². The topological polar surface area (TPSA) is 33.2 Å². The standard InChI is InChI=1S/C31H34N2O/c1-5-22(6-2)23-11-13-24(14-12-23)30(25-15-17-26(18-16-25)33(7-3)8-4)27-19-20-29(34)31-28(27)10-9-21-32-31/h9-22H,5-8H2,1-4H3/b30-27-. The van der Waals surface area contributed by atoms with Crippen LogP contribution >= 0.6 is 0 Å². The fourth-order valence-corrected chi connectivity index (χ4v) is 4.95. The number of anilines is 1. The Morgan fingerprint density at radius 2 is 1.44 bits per heavy atom. The number of aromatic nitrogens is 1. The van der Waals surface area contributed by atoms with Gasteiger partial charge in [0, 0.05) is 30.5 Å². The Kier molecular flexibility index (Phi) is 7.42. The number of nitrogens with zero attached hydrogens (tertiary/aromatic N) is 2. The predicted molar refractivity (Wildman–Crippen MR) is 143 cm³/mol. The summed E-state index contributed by atoms with van der Waals surface area (Å²) in [6.45, 7) is 10.8. The van der Waals surface area contributed by atoms with Crippen LogP contribution in [0, 0.1) is 0 Å². The van der Waals surface area contributed by atoms with Crippen LogP contribution < -0.4 is 4.90 Å². The maximum Gasteiger partial charge on any atom is 0.204 e. The van der Waals surface area contributed by atoms with E-state index in [2.05, 4.69) is 86.1 Å². The maximum absolute atomic E-state index is 12.5. The molecular weight excluding hydrogens is 416 g/mol. The summed E-state index contributed by atoms with van der Waals surface area (Å²) < 4.78 is 0. The highest BCUT2D eigenvalue weighted by molar-refractivity contribution is 6.15. The van der Waals surface area contributed by atoms with Crippen molar-refractivity contribution in [3.8, 4) is 0 Å². The molecule has 1 aliphatic rings. The summed E-state index contributed by atoms with van der Waals surface area (Å²) >= 11 is 0. The third-order valence-electron chi connectivity index (χ3n) is 6.94. The van der Waals surface area contributed by atoms with Crippen LogP contribution in [-0.2, 0) is 0 Å². The monoisotopic (exact) mass is 450 g/mol. The van der Waals surface area contributed by atoms with Gasteiger partial charge in [-0.15, -0.1) is 0 Å². The highest BCUT2D eigenvalue weighted by Crippen LogP contribution is 2.37. The second-order valence-electron chi connectivity index (χ2n) is 8.74. The number of carbonyl (C=O) groups is 1. The lowest BCUT2D eigenvalue weighted by atomic mass is 9.84. The largest absolute Gasteiger partial charge is 0.372 e. The van der Waals surface area contributed by atoms with Gasteiger partial charge in [-0.25, -0.2) is 0 Å². The van der Waals surface area contributed by atoms with Gasteiger partial charge in [0.2, 0.25) is 5.78 Å². The minimum atomic E-state index is -0.0420. The second-order valence-corrected chi connectivity index (χ2v) is 8.74. The molecule has 0 saturated carbocycles. The average molecular weight is 451 g/mol. The van der Waals surface area contributed by atoms with Crippen LogP contribution in [0.1, 0.15) is 79.2 Å². The Morgan fingerprint density at radius 3 is 2.03 bits per heavy atom. The van der Waals surface area contributed by atoms with Crippen molar-refractivity contribution >= 4 is 22.6 Å². The zero-order valence-electron chi connectivity index (χ0n) is 20.7. The van der Waals surface area contributed by atoms with E-state index in [1.807, 2.05) is 18.2 Å². The van der Waals surface area contributed by atoms with Gasteiger partial charge in [0.1, 0.15) is 5.69 Å². The molecule has 0 radical (unpaired) electrons. The number of allylic oxidation sites excluding steroid dienone is 3. The van der Waals surface area contributed by atoms with Crippen molar-refractivity contribution in [3.05, 3.63) is 107 Å². The third kappa shape index (κ3) is 4.61. The minimum absolute atomic E-state index is 0.0420. The lowest BCUT2D eigenvalue weighted by Gasteiger charge is -2.23. The molecule has 2 aromatic carbocycles. The molecule has 34 heavy (non-hydrogen) atoms. The molecule has 1 heterocycles. The number of rotatable bonds is 8. The van der Waals surface area contributed by atoms with E-state index in [-0.39, 0.29) is 5.78 Å². The smallest absolute Gasteiger partial charge is 0.204 e. The van der Waals surface area contributed by atoms with Gasteiger partial charge in [-0.05, 0) is 90.8 Å². The molecule has 174 valence electrons. The molecule has 3 heteroatoms. The van der Waals surface area contributed by atoms with Gasteiger partial charge in [0.05, 0.1) is 0 Å². The molecule has 4 rings (SSSR count). The van der Waals surface area contributed by atoms with E-state index in [1.165, 1.54) is 11.3 Å². The van der Waals surface area contributed by atoms with Gasteiger partial charge in [0.15, 0.2) is 0 Å². The van der Waals surface area contributed by atoms with Crippen LogP contribution in [0.25, 0.3) is 11.1 Å². The van der Waals surface area contributed by atoms with Gasteiger partial charge in [-0.1, -0.05) is 56.3 Å². The number of pyridine rings is 1. The third-order valence-corrected chi connectivity index (χ3v) is 6.94. The average Bonchev–Trinajstić information content (AvgIpc) is 2.89. The van der Waals surface area contributed by atoms with Crippen molar-refractivity contribution in [2.45, 2.75) is 46.5 Å². The van der Waals surface area contributed by atoms with Gasteiger partial charge in [-0.3, -0.25) is 9.78 Å². The molecule has 3 aromatic rings. The zero-order valence-corrected chi connectivity index (χ0v) is 20.7. The fraction of sp³-hybridized carbons (Fsp3) is 0.290. The Labute approximate surface area is 203 Å². The second kappa shape index (κ2) is 10.6. The van der Waals surface area contributed by atoms with E-state index in [0.717, 1.165) is 53.8 Å². The van der Waals surface area contributed by atoms with E-state index in [9.17, 15) is 4.79 Å². The molecule has 0 fully saturated rings. The molecule has 0 saturated heterocycles. The van der Waals surface area contributed by atoms with Crippen LogP contribution in [0.15, 0.2) is 79.0 Å². The molecule has 0 N–H and O–H groups in total. The SMILES string of the molecule is CCC(CC)c1ccc(/C(=C2\C=CC(=O)c3ncccc32)c2ccc(N(CC)CC)cc2)cc1. The normalized spacial score (nSPS) is 14.3. The van der Waals surface area contributed by atoms with Crippen LogP contribution in [0.5, 0.6) is 0 Å². The molecular formula is C31H34N2O. The maximum atomic E-state index is 12.5. The summed E-state index contributed by atoms with van der Waals surface area (Å²) in [5, 5.41) is 0. The van der Waals surface area contributed by atoms with Crippen molar-refractivity contribution in [1.82, 2.24) is 4.98 Å². The fourth-order valence-electron chi connectivity index (χ4n) is 4.95. The van der Waals surface area contributed by atoms with E-state index in [4.69, 9.17) is 0 Å². The Balaban J connectivity index is 1.89. The van der Waals surface area contributed by atoms with Crippen molar-refractivity contribution in [1.29, 1.82) is 0 Å². The summed E-state index contributed by atoms with van der Waals surface area (Å²) in [5.41, 5.74) is 8.45. The number of hydrogen-bond acceptors (Lipinski definition) is 3. The molecule has 0 unspecified atom stereocenters. The minimum Gasteiger partial charge on any atom is -0.372 e. The number of fused-ring (bicyclic) bond motifs is 1. The van der Waals surface area contributed by atoms with Gasteiger partial charge in [0.25, 0.3) is 0 Å². The van der Waals surface area contributed by atoms with E-state index in [1.54, 1.807) is 12.3 Å². The molecule has 1 aliphatic carbocycles. The first kappa shape index (κ1) is 23.7. The first-order valence-corrected chi connectivity index (χ1v) is 12.5. The summed E-state index contributed by atoms with van der Waals surface area (Å²) in [4.78, 5) is 19.3. The molecule has 0 bridgehead atoms. The van der Waals surface area contributed by atoms with Crippen molar-refractivity contribution < 1.29 is 4.79 Å². The summed E-state index contributed by atoms with van der Waals surface area (Å²) in [6, 6.07) is 21.7. The quantitative estimate of drug-likeness (QED) is 0.355. The first-order chi connectivity index (χ1) is 16.6. The van der Waals surface area contributed by atoms with Gasteiger partial charge >= 0.3 is 0 Å². The van der Waals surface area contributed by atoms with Crippen molar-refractivity contribution in [2.75, 3.05) is 18.0 Å². The van der Waals surface area contributed by atoms with Crippen LogP contribution in [0.2, 0.25) is 0 Å². The zero-order chi connectivity index (χ0) is 24.1.